The van der Waals surface area contributed by atoms with Gasteiger partial charge >= 0.3 is 0 Å². The predicted octanol–water partition coefficient (Wildman–Crippen LogP) is 2.07. The molecule has 2 aliphatic heterocycles. The second-order valence-electron chi connectivity index (χ2n) is 6.89. The van der Waals surface area contributed by atoms with Crippen molar-refractivity contribution in [3.8, 4) is 0 Å². The van der Waals surface area contributed by atoms with Crippen molar-refractivity contribution in [1.29, 1.82) is 0 Å². The zero-order chi connectivity index (χ0) is 16.4. The van der Waals surface area contributed by atoms with Crippen molar-refractivity contribution in [3.05, 3.63) is 35.9 Å². The van der Waals surface area contributed by atoms with E-state index in [0.29, 0.717) is 25.6 Å². The topological polar surface area (TPSA) is 43.9 Å². The number of carbonyl (C=O) groups is 2. The Morgan fingerprint density at radius 1 is 1.09 bits per heavy atom. The van der Waals surface area contributed by atoms with E-state index in [9.17, 15) is 9.59 Å². The molecule has 0 aliphatic carbocycles. The zero-order valence-electron chi connectivity index (χ0n) is 13.9. The number of carbonyl (C=O) groups excluding carboxylic acids is 2. The highest BCUT2D eigenvalue weighted by Crippen LogP contribution is 2.32. The van der Waals surface area contributed by atoms with Crippen molar-refractivity contribution in [2.24, 2.45) is 5.92 Å². The summed E-state index contributed by atoms with van der Waals surface area (Å²) in [6.07, 6.45) is 1.84. The molecular formula is C18H25N3O2. The van der Waals surface area contributed by atoms with Gasteiger partial charge < -0.3 is 0 Å². The summed E-state index contributed by atoms with van der Waals surface area (Å²) < 4.78 is 0. The van der Waals surface area contributed by atoms with Crippen LogP contribution in [-0.4, -0.2) is 52.9 Å². The standard InChI is InChI=1S/C18H25N3O2/c1-14(2)11-19-12-17(22)20-10-6-9-16(21(20)18(23)13-19)15-7-4-3-5-8-15/h3-5,7-8,14,16H,6,9-13H2,1-2H3. The molecule has 2 saturated heterocycles. The van der Waals surface area contributed by atoms with E-state index in [1.807, 2.05) is 35.2 Å². The second kappa shape index (κ2) is 6.71. The lowest BCUT2D eigenvalue weighted by atomic mass is 9.99. The average molecular weight is 315 g/mol. The molecule has 0 saturated carbocycles. The molecule has 0 spiro atoms. The van der Waals surface area contributed by atoms with Crippen molar-refractivity contribution in [2.45, 2.75) is 32.7 Å². The Bertz CT molecular complexity index is 573. The Morgan fingerprint density at radius 3 is 2.48 bits per heavy atom. The molecule has 3 rings (SSSR count). The average Bonchev–Trinajstić information content (AvgIpc) is 2.65. The maximum absolute atomic E-state index is 12.9. The van der Waals surface area contributed by atoms with Crippen LogP contribution in [0.25, 0.3) is 0 Å². The van der Waals surface area contributed by atoms with Crippen LogP contribution in [0.1, 0.15) is 38.3 Å². The van der Waals surface area contributed by atoms with Gasteiger partial charge in [-0.3, -0.25) is 14.5 Å². The highest BCUT2D eigenvalue weighted by molar-refractivity contribution is 5.87. The molecule has 2 amide bonds. The van der Waals surface area contributed by atoms with E-state index >= 15 is 0 Å². The minimum absolute atomic E-state index is 0.0274. The number of fused-ring (bicyclic) bond motifs is 1. The first-order chi connectivity index (χ1) is 11.1. The Morgan fingerprint density at radius 2 is 1.78 bits per heavy atom. The number of nitrogens with zero attached hydrogens (tertiary/aromatic N) is 3. The SMILES string of the molecule is CC(C)CN1CC(=O)N2CCCC(c3ccccc3)N2C(=O)C1. The first-order valence-corrected chi connectivity index (χ1v) is 8.46. The van der Waals surface area contributed by atoms with Gasteiger partial charge in [0.05, 0.1) is 19.1 Å². The third-order valence-corrected chi connectivity index (χ3v) is 4.47. The van der Waals surface area contributed by atoms with Crippen LogP contribution in [0.2, 0.25) is 0 Å². The molecule has 124 valence electrons. The van der Waals surface area contributed by atoms with Crippen molar-refractivity contribution in [1.82, 2.24) is 14.9 Å². The number of hydrogen-bond donors (Lipinski definition) is 0. The molecule has 23 heavy (non-hydrogen) atoms. The quantitative estimate of drug-likeness (QED) is 0.857. The van der Waals surface area contributed by atoms with Crippen LogP contribution in [0, 0.1) is 5.92 Å². The Hall–Kier alpha value is -1.88. The molecule has 0 aromatic heterocycles. The van der Waals surface area contributed by atoms with Gasteiger partial charge in [0.15, 0.2) is 0 Å². The fourth-order valence-electron chi connectivity index (χ4n) is 3.61. The molecule has 2 fully saturated rings. The van der Waals surface area contributed by atoms with Crippen LogP contribution in [0.4, 0.5) is 0 Å². The number of amides is 2. The molecule has 2 aliphatic rings. The maximum atomic E-state index is 12.9. The smallest absolute Gasteiger partial charge is 0.255 e. The summed E-state index contributed by atoms with van der Waals surface area (Å²) in [7, 11) is 0. The fourth-order valence-corrected chi connectivity index (χ4v) is 3.61. The molecule has 0 N–H and O–H groups in total. The zero-order valence-corrected chi connectivity index (χ0v) is 13.9. The molecule has 1 aromatic rings. The van der Waals surface area contributed by atoms with Gasteiger partial charge in [0.25, 0.3) is 11.8 Å². The third-order valence-electron chi connectivity index (χ3n) is 4.47. The van der Waals surface area contributed by atoms with E-state index in [0.717, 1.165) is 24.9 Å². The van der Waals surface area contributed by atoms with Crippen LogP contribution < -0.4 is 0 Å². The lowest BCUT2D eigenvalue weighted by Gasteiger charge is -2.43. The van der Waals surface area contributed by atoms with E-state index in [1.54, 1.807) is 10.0 Å². The highest BCUT2D eigenvalue weighted by atomic mass is 16.2. The van der Waals surface area contributed by atoms with E-state index in [1.165, 1.54) is 0 Å². The third kappa shape index (κ3) is 3.39. The van der Waals surface area contributed by atoms with E-state index in [2.05, 4.69) is 13.8 Å². The second-order valence-corrected chi connectivity index (χ2v) is 6.89. The normalized spacial score (nSPS) is 23.2. The van der Waals surface area contributed by atoms with Gasteiger partial charge in [0, 0.05) is 13.1 Å². The van der Waals surface area contributed by atoms with Crippen LogP contribution in [0.3, 0.4) is 0 Å². The predicted molar refractivity (Wildman–Crippen MR) is 88.3 cm³/mol. The number of benzene rings is 1. The molecular weight excluding hydrogens is 290 g/mol. The number of rotatable bonds is 3. The van der Waals surface area contributed by atoms with Crippen LogP contribution in [-0.2, 0) is 9.59 Å². The number of hydrazine groups is 1. The van der Waals surface area contributed by atoms with Gasteiger partial charge in [-0.05, 0) is 24.3 Å². The van der Waals surface area contributed by atoms with Gasteiger partial charge in [0.2, 0.25) is 0 Å². The summed E-state index contributed by atoms with van der Waals surface area (Å²) in [6.45, 7) is 6.30. The molecule has 5 nitrogen and oxygen atoms in total. The van der Waals surface area contributed by atoms with Crippen LogP contribution in [0.5, 0.6) is 0 Å². The minimum atomic E-state index is -0.0274. The maximum Gasteiger partial charge on any atom is 0.255 e. The van der Waals surface area contributed by atoms with Gasteiger partial charge in [-0.25, -0.2) is 10.0 Å². The summed E-state index contributed by atoms with van der Waals surface area (Å²) >= 11 is 0. The monoisotopic (exact) mass is 315 g/mol. The molecule has 1 unspecified atom stereocenters. The van der Waals surface area contributed by atoms with Crippen molar-refractivity contribution in [2.75, 3.05) is 26.2 Å². The van der Waals surface area contributed by atoms with E-state index < -0.39 is 0 Å². The van der Waals surface area contributed by atoms with Crippen molar-refractivity contribution < 1.29 is 9.59 Å². The van der Waals surface area contributed by atoms with Gasteiger partial charge in [-0.15, -0.1) is 0 Å². The Kier molecular flexibility index (Phi) is 4.66. The molecule has 0 bridgehead atoms. The Balaban J connectivity index is 1.88. The lowest BCUT2D eigenvalue weighted by Crippen LogP contribution is -2.54. The van der Waals surface area contributed by atoms with Crippen LogP contribution in [0.15, 0.2) is 30.3 Å². The minimum Gasteiger partial charge on any atom is -0.285 e. The summed E-state index contributed by atoms with van der Waals surface area (Å²) in [4.78, 5) is 27.5. The van der Waals surface area contributed by atoms with Gasteiger partial charge in [-0.2, -0.15) is 0 Å². The van der Waals surface area contributed by atoms with Gasteiger partial charge in [-0.1, -0.05) is 44.2 Å². The van der Waals surface area contributed by atoms with Crippen molar-refractivity contribution in [3.63, 3.8) is 0 Å². The summed E-state index contributed by atoms with van der Waals surface area (Å²) in [5.74, 6) is 0.507. The van der Waals surface area contributed by atoms with Crippen molar-refractivity contribution >= 4 is 11.8 Å². The van der Waals surface area contributed by atoms with E-state index in [4.69, 9.17) is 0 Å². The first kappa shape index (κ1) is 16.0. The molecule has 1 atom stereocenters. The Labute approximate surface area is 137 Å². The van der Waals surface area contributed by atoms with E-state index in [-0.39, 0.29) is 17.9 Å². The number of hydrogen-bond acceptors (Lipinski definition) is 3. The fraction of sp³-hybridized carbons (Fsp3) is 0.556. The molecule has 5 heteroatoms. The highest BCUT2D eigenvalue weighted by Gasteiger charge is 2.39. The largest absolute Gasteiger partial charge is 0.285 e. The molecule has 1 aromatic carbocycles. The summed E-state index contributed by atoms with van der Waals surface area (Å²) in [6, 6.07) is 10.0. The molecule has 0 radical (unpaired) electrons. The summed E-state index contributed by atoms with van der Waals surface area (Å²) in [5, 5.41) is 3.41. The lowest BCUT2D eigenvalue weighted by molar-refractivity contribution is -0.171. The first-order valence-electron chi connectivity index (χ1n) is 8.46. The molecule has 2 heterocycles. The van der Waals surface area contributed by atoms with Gasteiger partial charge in [0.1, 0.15) is 0 Å². The van der Waals surface area contributed by atoms with Crippen LogP contribution >= 0.6 is 0 Å². The summed E-state index contributed by atoms with van der Waals surface area (Å²) in [5.41, 5.74) is 1.11.